The van der Waals surface area contributed by atoms with Crippen LogP contribution in [0.1, 0.15) is 23.2 Å². The van der Waals surface area contributed by atoms with Gasteiger partial charge in [0.25, 0.3) is 5.91 Å². The highest BCUT2D eigenvalue weighted by atomic mass is 16.5. The Morgan fingerprint density at radius 3 is 2.00 bits per heavy atom. The summed E-state index contributed by atoms with van der Waals surface area (Å²) >= 11 is 0. The number of rotatable bonds is 8. The Hall–Kier alpha value is -4.21. The van der Waals surface area contributed by atoms with E-state index in [4.69, 9.17) is 23.9 Å². The van der Waals surface area contributed by atoms with Crippen LogP contribution < -0.4 is 28.7 Å². The molecule has 0 spiro atoms. The molecule has 10 nitrogen and oxygen atoms in total. The van der Waals surface area contributed by atoms with Crippen molar-refractivity contribution in [3.8, 4) is 34.4 Å². The Labute approximate surface area is 229 Å². The van der Waals surface area contributed by atoms with Crippen molar-refractivity contribution in [1.29, 1.82) is 0 Å². The van der Waals surface area contributed by atoms with Gasteiger partial charge in [-0.25, -0.2) is 9.97 Å². The van der Waals surface area contributed by atoms with Crippen molar-refractivity contribution in [1.82, 2.24) is 14.9 Å². The SMILES string of the molecule is COc1ccccc1N1CCN(c2nc(-c3cc(OC)c(OC)c(OC)c3)ncc2C(=O)N2CCCC2)CC1. The van der Waals surface area contributed by atoms with E-state index < -0.39 is 0 Å². The van der Waals surface area contributed by atoms with Crippen molar-refractivity contribution in [3.05, 3.63) is 48.2 Å². The summed E-state index contributed by atoms with van der Waals surface area (Å²) in [5.41, 5.74) is 2.30. The summed E-state index contributed by atoms with van der Waals surface area (Å²) in [6.45, 7) is 4.44. The minimum atomic E-state index is -0.0221. The summed E-state index contributed by atoms with van der Waals surface area (Å²) in [4.78, 5) is 29.5. The average Bonchev–Trinajstić information content (AvgIpc) is 3.55. The molecule has 2 saturated heterocycles. The number of benzene rings is 2. The molecule has 1 aromatic heterocycles. The van der Waals surface area contributed by atoms with Crippen molar-refractivity contribution in [2.45, 2.75) is 12.8 Å². The van der Waals surface area contributed by atoms with Crippen LogP contribution in [0.15, 0.2) is 42.6 Å². The highest BCUT2D eigenvalue weighted by molar-refractivity contribution is 5.99. The van der Waals surface area contributed by atoms with Crippen LogP contribution in [0.5, 0.6) is 23.0 Å². The fraction of sp³-hybridized carbons (Fsp3) is 0.414. The van der Waals surface area contributed by atoms with E-state index >= 15 is 0 Å². The second-order valence-electron chi connectivity index (χ2n) is 9.49. The lowest BCUT2D eigenvalue weighted by Crippen LogP contribution is -2.47. The summed E-state index contributed by atoms with van der Waals surface area (Å²) in [7, 11) is 6.41. The first-order valence-corrected chi connectivity index (χ1v) is 13.2. The van der Waals surface area contributed by atoms with Gasteiger partial charge in [0, 0.05) is 51.0 Å². The largest absolute Gasteiger partial charge is 0.495 e. The zero-order valence-corrected chi connectivity index (χ0v) is 23.0. The second-order valence-corrected chi connectivity index (χ2v) is 9.49. The highest BCUT2D eigenvalue weighted by Gasteiger charge is 2.29. The smallest absolute Gasteiger partial charge is 0.259 e. The lowest BCUT2D eigenvalue weighted by molar-refractivity contribution is 0.0792. The van der Waals surface area contributed by atoms with E-state index in [1.165, 1.54) is 0 Å². The topological polar surface area (TPSA) is 89.5 Å². The van der Waals surface area contributed by atoms with Gasteiger partial charge in [-0.1, -0.05) is 12.1 Å². The molecule has 2 aliphatic heterocycles. The Balaban J connectivity index is 1.50. The standard InChI is InChI=1S/C29H35N5O5/c1-36-23-10-6-5-9-22(23)32-13-15-33(16-14-32)28-21(29(35)34-11-7-8-12-34)19-30-27(31-28)20-17-24(37-2)26(39-4)25(18-20)38-3/h5-6,9-10,17-19H,7-8,11-16H2,1-4H3. The van der Waals surface area contributed by atoms with Crippen LogP contribution in [0.3, 0.4) is 0 Å². The van der Waals surface area contributed by atoms with E-state index in [9.17, 15) is 4.79 Å². The van der Waals surface area contributed by atoms with Crippen LogP contribution >= 0.6 is 0 Å². The molecule has 0 saturated carbocycles. The maximum absolute atomic E-state index is 13.5. The quantitative estimate of drug-likeness (QED) is 0.430. The normalized spacial score (nSPS) is 15.3. The molecule has 3 aromatic rings. The number of nitrogens with zero attached hydrogens (tertiary/aromatic N) is 5. The van der Waals surface area contributed by atoms with E-state index in [-0.39, 0.29) is 5.91 Å². The molecule has 206 valence electrons. The second kappa shape index (κ2) is 11.7. The van der Waals surface area contributed by atoms with Crippen molar-refractivity contribution < 1.29 is 23.7 Å². The molecule has 0 atom stereocenters. The van der Waals surface area contributed by atoms with Crippen LogP contribution in [0.25, 0.3) is 11.4 Å². The molecule has 10 heteroatoms. The zero-order valence-electron chi connectivity index (χ0n) is 23.0. The first kappa shape index (κ1) is 26.4. The third-order valence-electron chi connectivity index (χ3n) is 7.32. The van der Waals surface area contributed by atoms with Crippen molar-refractivity contribution in [3.63, 3.8) is 0 Å². The number of likely N-dealkylation sites (tertiary alicyclic amines) is 1. The van der Waals surface area contributed by atoms with E-state index in [0.717, 1.165) is 50.5 Å². The van der Waals surface area contributed by atoms with Gasteiger partial charge in [-0.15, -0.1) is 0 Å². The van der Waals surface area contributed by atoms with E-state index in [1.807, 2.05) is 35.2 Å². The monoisotopic (exact) mass is 533 g/mol. The molecule has 0 radical (unpaired) electrons. The predicted octanol–water partition coefficient (Wildman–Crippen LogP) is 3.74. The summed E-state index contributed by atoms with van der Waals surface area (Å²) in [6, 6.07) is 11.7. The van der Waals surface area contributed by atoms with Gasteiger partial charge in [0.2, 0.25) is 5.75 Å². The number of ether oxygens (including phenoxy) is 4. The molecule has 1 amide bonds. The van der Waals surface area contributed by atoms with Gasteiger partial charge in [0.1, 0.15) is 17.1 Å². The number of para-hydroxylation sites is 2. The molecular weight excluding hydrogens is 498 g/mol. The number of hydrogen-bond donors (Lipinski definition) is 0. The van der Waals surface area contributed by atoms with Gasteiger partial charge in [-0.2, -0.15) is 0 Å². The summed E-state index contributed by atoms with van der Waals surface area (Å²) in [6.07, 6.45) is 3.69. The van der Waals surface area contributed by atoms with Gasteiger partial charge < -0.3 is 33.6 Å². The number of amides is 1. The lowest BCUT2D eigenvalue weighted by atomic mass is 10.1. The Bertz CT molecular complexity index is 1290. The van der Waals surface area contributed by atoms with E-state index in [1.54, 1.807) is 34.6 Å². The van der Waals surface area contributed by atoms with Gasteiger partial charge >= 0.3 is 0 Å². The fourth-order valence-corrected chi connectivity index (χ4v) is 5.25. The molecule has 3 heterocycles. The number of hydrogen-bond acceptors (Lipinski definition) is 9. The Morgan fingerprint density at radius 1 is 0.769 bits per heavy atom. The van der Waals surface area contributed by atoms with E-state index in [2.05, 4.69) is 20.9 Å². The minimum absolute atomic E-state index is 0.0221. The molecular formula is C29H35N5O5. The molecule has 39 heavy (non-hydrogen) atoms. The van der Waals surface area contributed by atoms with Crippen LogP contribution in [0, 0.1) is 0 Å². The number of methoxy groups -OCH3 is 4. The summed E-state index contributed by atoms with van der Waals surface area (Å²) in [5.74, 6) is 3.48. The average molecular weight is 534 g/mol. The third kappa shape index (κ3) is 5.23. The molecule has 5 rings (SSSR count). The number of carbonyl (C=O) groups excluding carboxylic acids is 1. The maximum atomic E-state index is 13.5. The van der Waals surface area contributed by atoms with Crippen LogP contribution in [0.2, 0.25) is 0 Å². The highest BCUT2D eigenvalue weighted by Crippen LogP contribution is 2.41. The van der Waals surface area contributed by atoms with Gasteiger partial charge in [-0.05, 0) is 37.1 Å². The zero-order chi connectivity index (χ0) is 27.4. The van der Waals surface area contributed by atoms with Crippen LogP contribution in [-0.4, -0.2) is 88.5 Å². The Kier molecular flexibility index (Phi) is 7.90. The maximum Gasteiger partial charge on any atom is 0.259 e. The lowest BCUT2D eigenvalue weighted by Gasteiger charge is -2.38. The number of carbonyl (C=O) groups is 1. The van der Waals surface area contributed by atoms with E-state index in [0.29, 0.717) is 53.1 Å². The third-order valence-corrected chi connectivity index (χ3v) is 7.32. The fourth-order valence-electron chi connectivity index (χ4n) is 5.25. The molecule has 2 fully saturated rings. The molecule has 0 bridgehead atoms. The molecule has 2 aromatic carbocycles. The predicted molar refractivity (Wildman–Crippen MR) is 150 cm³/mol. The van der Waals surface area contributed by atoms with Gasteiger partial charge in [0.15, 0.2) is 17.3 Å². The molecule has 0 unspecified atom stereocenters. The molecule has 2 aliphatic rings. The number of anilines is 2. The van der Waals surface area contributed by atoms with Crippen LogP contribution in [-0.2, 0) is 0 Å². The number of piperazine rings is 1. The molecule has 0 N–H and O–H groups in total. The first-order chi connectivity index (χ1) is 19.1. The van der Waals surface area contributed by atoms with Crippen LogP contribution in [0.4, 0.5) is 11.5 Å². The summed E-state index contributed by atoms with van der Waals surface area (Å²) in [5, 5.41) is 0. The van der Waals surface area contributed by atoms with Crippen molar-refractivity contribution in [2.24, 2.45) is 0 Å². The number of aromatic nitrogens is 2. The van der Waals surface area contributed by atoms with Crippen molar-refractivity contribution in [2.75, 3.05) is 77.5 Å². The summed E-state index contributed by atoms with van der Waals surface area (Å²) < 4.78 is 22.1. The molecule has 0 aliphatic carbocycles. The van der Waals surface area contributed by atoms with Crippen molar-refractivity contribution >= 4 is 17.4 Å². The first-order valence-electron chi connectivity index (χ1n) is 13.2. The van der Waals surface area contributed by atoms with Gasteiger partial charge in [0.05, 0.1) is 34.1 Å². The van der Waals surface area contributed by atoms with Gasteiger partial charge in [-0.3, -0.25) is 4.79 Å². The minimum Gasteiger partial charge on any atom is -0.495 e. The Morgan fingerprint density at radius 2 is 1.38 bits per heavy atom.